The number of aromatic nitrogens is 4. The van der Waals surface area contributed by atoms with Crippen LogP contribution in [-0.4, -0.2) is 63.6 Å². The third-order valence-electron chi connectivity index (χ3n) is 5.80. The number of nitrogen functional groups attached to an aromatic ring is 1. The van der Waals surface area contributed by atoms with Gasteiger partial charge in [0.2, 0.25) is 11.7 Å². The number of hydrogen-bond acceptors (Lipinski definition) is 10. The molecule has 4 rings (SSSR count). The number of benzene rings is 1. The van der Waals surface area contributed by atoms with Gasteiger partial charge in [-0.3, -0.25) is 9.09 Å². The highest BCUT2D eigenvalue weighted by molar-refractivity contribution is 7.33. The van der Waals surface area contributed by atoms with Crippen molar-refractivity contribution in [3.8, 4) is 5.75 Å². The summed E-state index contributed by atoms with van der Waals surface area (Å²) in [6.45, 7) is 0.790. The zero-order valence-electron chi connectivity index (χ0n) is 19.1. The molecule has 0 saturated heterocycles. The Morgan fingerprint density at radius 2 is 2.06 bits per heavy atom. The number of methoxy groups -OCH3 is 1. The summed E-state index contributed by atoms with van der Waals surface area (Å²) in [4.78, 5) is 14.7. The first kappa shape index (κ1) is 24.3. The Morgan fingerprint density at radius 1 is 1.35 bits per heavy atom. The normalized spacial score (nSPS) is 18.3. The maximum Gasteiger partial charge on any atom is 0.367 e. The van der Waals surface area contributed by atoms with Crippen LogP contribution in [0.3, 0.4) is 0 Å². The summed E-state index contributed by atoms with van der Waals surface area (Å²) in [5.41, 5.74) is 6.40. The molecule has 0 amide bonds. The van der Waals surface area contributed by atoms with Gasteiger partial charge in [-0.25, -0.2) is 13.9 Å². The van der Waals surface area contributed by atoms with Crippen molar-refractivity contribution >= 4 is 31.2 Å². The summed E-state index contributed by atoms with van der Waals surface area (Å²) < 4.78 is 45.0. The van der Waals surface area contributed by atoms with Crippen LogP contribution in [0.1, 0.15) is 19.8 Å². The maximum absolute atomic E-state index is 16.0. The predicted molar refractivity (Wildman–Crippen MR) is 125 cm³/mol. The van der Waals surface area contributed by atoms with Crippen LogP contribution in [0.2, 0.25) is 0 Å². The first-order valence-corrected chi connectivity index (χ1v) is 12.0. The van der Waals surface area contributed by atoms with E-state index in [1.54, 1.807) is 30.3 Å². The molecule has 1 aliphatic carbocycles. The summed E-state index contributed by atoms with van der Waals surface area (Å²) in [6, 6.07) is 8.80. The highest BCUT2D eigenvalue weighted by Gasteiger charge is 2.43. The summed E-state index contributed by atoms with van der Waals surface area (Å²) >= 11 is 0. The van der Waals surface area contributed by atoms with Crippen LogP contribution in [0.25, 0.3) is 11.2 Å². The van der Waals surface area contributed by atoms with Crippen LogP contribution in [-0.2, 0) is 19.6 Å². The monoisotopic (exact) mass is 494 g/mol. The lowest BCUT2D eigenvalue weighted by molar-refractivity contribution is -0.132. The van der Waals surface area contributed by atoms with E-state index < -0.39 is 26.3 Å². The summed E-state index contributed by atoms with van der Waals surface area (Å²) in [7, 11) is 0.203. The quantitative estimate of drug-likeness (QED) is 0.382. The number of ether oxygens (including phenoxy) is 1. The minimum atomic E-state index is -2.96. The van der Waals surface area contributed by atoms with Gasteiger partial charge in [0.25, 0.3) is 0 Å². The number of rotatable bonds is 11. The van der Waals surface area contributed by atoms with Crippen molar-refractivity contribution in [3.63, 3.8) is 0 Å². The van der Waals surface area contributed by atoms with Gasteiger partial charge in [-0.2, -0.15) is 9.97 Å². The molecule has 0 aliphatic heterocycles. The van der Waals surface area contributed by atoms with Crippen molar-refractivity contribution in [2.75, 3.05) is 31.4 Å². The molecule has 11 nitrogen and oxygen atoms in total. The SMILES string of the molecule is COC(CO[PH](=O)Oc1ccccc1)[C@@H](O)[C@@](C)(F)n1cnc2c(N(C)C3CC3)nc(N)nc21. The maximum atomic E-state index is 16.0. The van der Waals surface area contributed by atoms with Crippen molar-refractivity contribution < 1.29 is 27.8 Å². The van der Waals surface area contributed by atoms with E-state index in [-0.39, 0.29) is 18.2 Å². The molecule has 0 spiro atoms. The zero-order valence-corrected chi connectivity index (χ0v) is 20.1. The van der Waals surface area contributed by atoms with E-state index in [2.05, 4.69) is 15.0 Å². The van der Waals surface area contributed by atoms with Gasteiger partial charge in [-0.05, 0) is 31.9 Å². The molecule has 2 aromatic heterocycles. The second kappa shape index (κ2) is 9.83. The lowest BCUT2D eigenvalue weighted by atomic mass is 10.0. The average molecular weight is 494 g/mol. The van der Waals surface area contributed by atoms with Crippen LogP contribution in [0.4, 0.5) is 16.2 Å². The van der Waals surface area contributed by atoms with Crippen LogP contribution in [0.15, 0.2) is 36.7 Å². The number of anilines is 2. The molecule has 1 aliphatic rings. The smallest absolute Gasteiger partial charge is 0.367 e. The molecule has 34 heavy (non-hydrogen) atoms. The molecular weight excluding hydrogens is 466 g/mol. The Morgan fingerprint density at radius 3 is 2.71 bits per heavy atom. The van der Waals surface area contributed by atoms with Crippen molar-refractivity contribution in [3.05, 3.63) is 36.7 Å². The lowest BCUT2D eigenvalue weighted by Crippen LogP contribution is -2.48. The molecule has 0 bridgehead atoms. The minimum absolute atomic E-state index is 0.0367. The predicted octanol–water partition coefficient (Wildman–Crippen LogP) is 2.51. The highest BCUT2D eigenvalue weighted by Crippen LogP contribution is 2.36. The average Bonchev–Trinajstić information content (AvgIpc) is 3.58. The number of para-hydroxylation sites is 1. The number of imidazole rings is 1. The Labute approximate surface area is 196 Å². The third kappa shape index (κ3) is 5.00. The van der Waals surface area contributed by atoms with Crippen molar-refractivity contribution in [1.82, 2.24) is 19.5 Å². The lowest BCUT2D eigenvalue weighted by Gasteiger charge is -2.32. The molecule has 2 heterocycles. The zero-order chi connectivity index (χ0) is 24.5. The van der Waals surface area contributed by atoms with Gasteiger partial charge in [0.05, 0.1) is 12.9 Å². The van der Waals surface area contributed by atoms with E-state index >= 15 is 4.39 Å². The number of nitrogens with zero attached hydrogens (tertiary/aromatic N) is 5. The molecule has 184 valence electrons. The summed E-state index contributed by atoms with van der Waals surface area (Å²) in [5.74, 6) is -1.60. The molecule has 3 aromatic rings. The van der Waals surface area contributed by atoms with Crippen LogP contribution >= 0.6 is 8.25 Å². The number of alkyl halides is 1. The Bertz CT molecular complexity index is 1160. The van der Waals surface area contributed by atoms with Gasteiger partial charge in [0.15, 0.2) is 17.0 Å². The molecule has 0 radical (unpaired) electrons. The molecule has 1 aromatic carbocycles. The van der Waals surface area contributed by atoms with Gasteiger partial charge >= 0.3 is 8.25 Å². The van der Waals surface area contributed by atoms with Gasteiger partial charge in [-0.1, -0.05) is 18.2 Å². The van der Waals surface area contributed by atoms with E-state index in [4.69, 9.17) is 19.5 Å². The van der Waals surface area contributed by atoms with Gasteiger partial charge < -0.3 is 25.0 Å². The fourth-order valence-corrected chi connectivity index (χ4v) is 4.32. The van der Waals surface area contributed by atoms with E-state index in [9.17, 15) is 9.67 Å². The van der Waals surface area contributed by atoms with Gasteiger partial charge in [0.1, 0.15) is 18.0 Å². The first-order chi connectivity index (χ1) is 16.2. The fraction of sp³-hybridized carbons (Fsp3) is 0.476. The fourth-order valence-electron chi connectivity index (χ4n) is 3.64. The number of aliphatic hydroxyl groups is 1. The molecule has 2 unspecified atom stereocenters. The molecule has 3 N–H and O–H groups in total. The van der Waals surface area contributed by atoms with Crippen LogP contribution in [0, 0.1) is 0 Å². The van der Waals surface area contributed by atoms with E-state index in [1.165, 1.54) is 13.4 Å². The van der Waals surface area contributed by atoms with Crippen molar-refractivity contribution in [1.29, 1.82) is 0 Å². The number of aliphatic hydroxyl groups excluding tert-OH is 1. The Hall–Kier alpha value is -2.79. The number of fused-ring (bicyclic) bond motifs is 1. The van der Waals surface area contributed by atoms with Gasteiger partial charge in [-0.15, -0.1) is 0 Å². The Kier molecular flexibility index (Phi) is 7.04. The highest BCUT2D eigenvalue weighted by atomic mass is 31.1. The summed E-state index contributed by atoms with van der Waals surface area (Å²) in [6.07, 6.45) is 0.376. The Balaban J connectivity index is 1.52. The van der Waals surface area contributed by atoms with Crippen LogP contribution in [0.5, 0.6) is 5.75 Å². The van der Waals surface area contributed by atoms with Crippen LogP contribution < -0.4 is 15.2 Å². The molecular formula is C21H28FN6O5P. The number of hydrogen-bond donors (Lipinski definition) is 2. The topological polar surface area (TPSA) is 138 Å². The van der Waals surface area contributed by atoms with E-state index in [0.717, 1.165) is 24.3 Å². The first-order valence-electron chi connectivity index (χ1n) is 10.8. The number of nitrogens with two attached hydrogens (primary N) is 1. The standard InChI is InChI=1S/C21H28FN6O5P/c1-21(22,17(29)15(31-3)11-32-34(30)33-14-7-5-4-6-8-14)28-12-24-16-18(27(2)13-9-10-13)25-20(23)26-19(16)28/h4-8,12-13,15,17,29,34H,9-11H2,1-3H3,(H2,23,25,26)/t15?,17-,21+/m1/s1. The minimum Gasteiger partial charge on any atom is -0.426 e. The van der Waals surface area contributed by atoms with Gasteiger partial charge in [0, 0.05) is 20.2 Å². The van der Waals surface area contributed by atoms with Crippen molar-refractivity contribution in [2.45, 2.75) is 43.8 Å². The molecule has 1 fully saturated rings. The third-order valence-corrected chi connectivity index (χ3v) is 6.60. The molecule has 4 atom stereocenters. The summed E-state index contributed by atoms with van der Waals surface area (Å²) in [5, 5.41) is 10.9. The van der Waals surface area contributed by atoms with E-state index in [1.807, 2.05) is 11.9 Å². The second-order valence-electron chi connectivity index (χ2n) is 8.25. The van der Waals surface area contributed by atoms with Crippen molar-refractivity contribution in [2.24, 2.45) is 0 Å². The van der Waals surface area contributed by atoms with E-state index in [0.29, 0.717) is 23.1 Å². The second-order valence-corrected chi connectivity index (χ2v) is 9.25. The molecule has 13 heteroatoms. The molecule has 1 saturated carbocycles. The largest absolute Gasteiger partial charge is 0.426 e. The number of halogens is 1.